The highest BCUT2D eigenvalue weighted by Crippen LogP contribution is 2.39. The zero-order chi connectivity index (χ0) is 19.0. The number of hydrogen-bond donors (Lipinski definition) is 1. The van der Waals surface area contributed by atoms with Gasteiger partial charge in [-0.15, -0.1) is 0 Å². The molecule has 2 amide bonds. The standard InChI is InChI=1S/C20H26N4O3/c1-15-4-2-8-22-12-16(21-18(15)22)19(27)24-9-3-6-20(14-24)7-5-17(26)23(13-20)10-11-25/h2,4,8,12,25H,3,5-7,9-11,13-14H2,1H3/t20-/m0/s1. The second-order valence-electron chi connectivity index (χ2n) is 7.92. The van der Waals surface area contributed by atoms with Crippen molar-refractivity contribution >= 4 is 17.5 Å². The summed E-state index contributed by atoms with van der Waals surface area (Å²) in [7, 11) is 0. The second kappa shape index (κ2) is 6.96. The Morgan fingerprint density at radius 2 is 2.19 bits per heavy atom. The summed E-state index contributed by atoms with van der Waals surface area (Å²) >= 11 is 0. The molecule has 0 saturated carbocycles. The van der Waals surface area contributed by atoms with Gasteiger partial charge in [0, 0.05) is 50.4 Å². The minimum absolute atomic E-state index is 0.0228. The van der Waals surface area contributed by atoms with Gasteiger partial charge in [0.25, 0.3) is 5.91 Å². The van der Waals surface area contributed by atoms with Crippen LogP contribution in [-0.2, 0) is 4.79 Å². The molecule has 0 aliphatic carbocycles. The molecule has 1 spiro atoms. The fourth-order valence-electron chi connectivity index (χ4n) is 4.56. The van der Waals surface area contributed by atoms with Crippen molar-refractivity contribution in [3.8, 4) is 0 Å². The average molecular weight is 370 g/mol. The Bertz CT molecular complexity index is 877. The van der Waals surface area contributed by atoms with Gasteiger partial charge >= 0.3 is 0 Å². The Hall–Kier alpha value is -2.41. The van der Waals surface area contributed by atoms with Crippen LogP contribution in [0, 0.1) is 12.3 Å². The highest BCUT2D eigenvalue weighted by Gasteiger charge is 2.42. The molecule has 4 heterocycles. The fourth-order valence-corrected chi connectivity index (χ4v) is 4.56. The molecule has 0 unspecified atom stereocenters. The van der Waals surface area contributed by atoms with Crippen molar-refractivity contribution in [3.05, 3.63) is 35.8 Å². The van der Waals surface area contributed by atoms with Crippen molar-refractivity contribution < 1.29 is 14.7 Å². The molecule has 27 heavy (non-hydrogen) atoms. The van der Waals surface area contributed by atoms with E-state index in [0.717, 1.165) is 37.0 Å². The smallest absolute Gasteiger partial charge is 0.274 e. The lowest BCUT2D eigenvalue weighted by molar-refractivity contribution is -0.139. The molecule has 2 aromatic heterocycles. The first-order chi connectivity index (χ1) is 13.0. The molecule has 2 aromatic rings. The summed E-state index contributed by atoms with van der Waals surface area (Å²) in [5.41, 5.74) is 2.26. The van der Waals surface area contributed by atoms with Crippen LogP contribution in [0.4, 0.5) is 0 Å². The number of aryl methyl sites for hydroxylation is 1. The van der Waals surface area contributed by atoms with Crippen molar-refractivity contribution in [2.75, 3.05) is 32.8 Å². The molecule has 144 valence electrons. The summed E-state index contributed by atoms with van der Waals surface area (Å²) in [4.78, 5) is 33.4. The summed E-state index contributed by atoms with van der Waals surface area (Å²) in [5, 5.41) is 9.23. The molecular weight excluding hydrogens is 344 g/mol. The third-order valence-corrected chi connectivity index (χ3v) is 5.96. The second-order valence-corrected chi connectivity index (χ2v) is 7.92. The molecule has 1 atom stereocenters. The van der Waals surface area contributed by atoms with Gasteiger partial charge in [0.05, 0.1) is 6.61 Å². The number of rotatable bonds is 3. The largest absolute Gasteiger partial charge is 0.395 e. The molecule has 2 fully saturated rings. The van der Waals surface area contributed by atoms with E-state index in [9.17, 15) is 14.7 Å². The highest BCUT2D eigenvalue weighted by molar-refractivity contribution is 5.93. The lowest BCUT2D eigenvalue weighted by atomic mass is 9.73. The molecule has 2 aliphatic rings. The summed E-state index contributed by atoms with van der Waals surface area (Å²) in [6.07, 6.45) is 6.95. The number of imidazole rings is 1. The summed E-state index contributed by atoms with van der Waals surface area (Å²) in [6, 6.07) is 3.93. The highest BCUT2D eigenvalue weighted by atomic mass is 16.3. The normalized spacial score (nSPS) is 23.4. The molecule has 1 N–H and O–H groups in total. The minimum atomic E-state index is -0.0634. The maximum absolute atomic E-state index is 13.1. The molecule has 2 saturated heterocycles. The number of hydrogen-bond acceptors (Lipinski definition) is 4. The van der Waals surface area contributed by atoms with Crippen LogP contribution in [0.15, 0.2) is 24.5 Å². The molecule has 7 nitrogen and oxygen atoms in total. The summed E-state index contributed by atoms with van der Waals surface area (Å²) in [5.74, 6) is 0.0664. The van der Waals surface area contributed by atoms with Crippen molar-refractivity contribution in [2.45, 2.75) is 32.6 Å². The molecule has 0 bridgehead atoms. The van der Waals surface area contributed by atoms with Crippen LogP contribution in [0.1, 0.15) is 41.7 Å². The van der Waals surface area contributed by atoms with Gasteiger partial charge in [0.1, 0.15) is 11.3 Å². The van der Waals surface area contributed by atoms with Gasteiger partial charge in [-0.2, -0.15) is 0 Å². The van der Waals surface area contributed by atoms with Gasteiger partial charge < -0.3 is 19.3 Å². The minimum Gasteiger partial charge on any atom is -0.395 e. The van der Waals surface area contributed by atoms with E-state index >= 15 is 0 Å². The first-order valence-electron chi connectivity index (χ1n) is 9.64. The molecule has 0 aromatic carbocycles. The van der Waals surface area contributed by atoms with Gasteiger partial charge in [-0.05, 0) is 37.8 Å². The van der Waals surface area contributed by atoms with Gasteiger partial charge in [-0.1, -0.05) is 6.07 Å². The molecule has 2 aliphatic heterocycles. The zero-order valence-electron chi connectivity index (χ0n) is 15.7. The van der Waals surface area contributed by atoms with E-state index in [4.69, 9.17) is 0 Å². The molecule has 7 heteroatoms. The number of carbonyl (C=O) groups excluding carboxylic acids is 2. The predicted molar refractivity (Wildman–Crippen MR) is 100 cm³/mol. The van der Waals surface area contributed by atoms with Gasteiger partial charge in [-0.25, -0.2) is 4.98 Å². The number of carbonyl (C=O) groups is 2. The van der Waals surface area contributed by atoms with Crippen molar-refractivity contribution in [1.29, 1.82) is 0 Å². The van der Waals surface area contributed by atoms with Crippen LogP contribution in [0.5, 0.6) is 0 Å². The quantitative estimate of drug-likeness (QED) is 0.888. The van der Waals surface area contributed by atoms with Crippen molar-refractivity contribution in [3.63, 3.8) is 0 Å². The van der Waals surface area contributed by atoms with Crippen LogP contribution < -0.4 is 0 Å². The number of piperidine rings is 2. The number of amides is 2. The van der Waals surface area contributed by atoms with Crippen LogP contribution in [-0.4, -0.2) is 68.9 Å². The maximum Gasteiger partial charge on any atom is 0.274 e. The summed E-state index contributed by atoms with van der Waals surface area (Å²) < 4.78 is 1.89. The van der Waals surface area contributed by atoms with E-state index in [1.54, 1.807) is 11.1 Å². The Kier molecular flexibility index (Phi) is 4.63. The van der Waals surface area contributed by atoms with Gasteiger partial charge in [0.15, 0.2) is 0 Å². The van der Waals surface area contributed by atoms with E-state index in [1.165, 1.54) is 0 Å². The topological polar surface area (TPSA) is 78.2 Å². The Balaban J connectivity index is 1.54. The third-order valence-electron chi connectivity index (χ3n) is 5.96. The zero-order valence-corrected chi connectivity index (χ0v) is 15.7. The van der Waals surface area contributed by atoms with Crippen molar-refractivity contribution in [1.82, 2.24) is 19.2 Å². The third kappa shape index (κ3) is 3.32. The number of aliphatic hydroxyl groups is 1. The first-order valence-corrected chi connectivity index (χ1v) is 9.64. The van der Waals surface area contributed by atoms with E-state index in [2.05, 4.69) is 4.98 Å². The van der Waals surface area contributed by atoms with Crippen LogP contribution in [0.25, 0.3) is 5.65 Å². The number of β-amino-alcohol motifs (C(OH)–C–C–N with tert-alkyl or cyclic N) is 1. The van der Waals surface area contributed by atoms with Crippen LogP contribution in [0.3, 0.4) is 0 Å². The maximum atomic E-state index is 13.1. The Morgan fingerprint density at radius 3 is 2.96 bits per heavy atom. The number of aliphatic hydroxyl groups excluding tert-OH is 1. The van der Waals surface area contributed by atoms with Gasteiger partial charge in [-0.3, -0.25) is 9.59 Å². The van der Waals surface area contributed by atoms with E-state index in [1.807, 2.05) is 34.6 Å². The number of nitrogens with zero attached hydrogens (tertiary/aromatic N) is 4. The SMILES string of the molecule is Cc1cccn2cc(C(=O)N3CCC[C@@]4(CCC(=O)N(CCO)C4)C3)nc12. The summed E-state index contributed by atoms with van der Waals surface area (Å²) in [6.45, 7) is 4.34. The molecular formula is C20H26N4O3. The number of pyridine rings is 1. The van der Waals surface area contributed by atoms with Crippen LogP contribution >= 0.6 is 0 Å². The average Bonchev–Trinajstić information content (AvgIpc) is 3.10. The number of aromatic nitrogens is 2. The van der Waals surface area contributed by atoms with E-state index in [0.29, 0.717) is 31.7 Å². The molecule has 4 rings (SSSR count). The molecule has 0 radical (unpaired) electrons. The Labute approximate surface area is 158 Å². The van der Waals surface area contributed by atoms with Crippen LogP contribution in [0.2, 0.25) is 0 Å². The lowest BCUT2D eigenvalue weighted by Gasteiger charge is -2.48. The van der Waals surface area contributed by atoms with E-state index < -0.39 is 0 Å². The number of fused-ring (bicyclic) bond motifs is 1. The number of likely N-dealkylation sites (tertiary alicyclic amines) is 2. The predicted octanol–water partition coefficient (Wildman–Crippen LogP) is 1.48. The van der Waals surface area contributed by atoms with E-state index in [-0.39, 0.29) is 23.8 Å². The fraction of sp³-hybridized carbons (Fsp3) is 0.550. The van der Waals surface area contributed by atoms with Crippen molar-refractivity contribution in [2.24, 2.45) is 5.41 Å². The van der Waals surface area contributed by atoms with Gasteiger partial charge in [0.2, 0.25) is 5.91 Å². The first kappa shape index (κ1) is 18.0. The lowest BCUT2D eigenvalue weighted by Crippen LogP contribution is -2.55. The Morgan fingerprint density at radius 1 is 1.33 bits per heavy atom. The monoisotopic (exact) mass is 370 g/mol.